The molecule has 1 aliphatic heterocycles. The maximum atomic E-state index is 12.9. The maximum absolute atomic E-state index is 12.9. The fraction of sp³-hybridized carbons (Fsp3) is 0.154. The third kappa shape index (κ3) is 4.56. The predicted octanol–water partition coefficient (Wildman–Crippen LogP) is 5.30. The van der Waals surface area contributed by atoms with Gasteiger partial charge in [0, 0.05) is 53.5 Å². The summed E-state index contributed by atoms with van der Waals surface area (Å²) in [6, 6.07) is 24.0. The minimum absolute atomic E-state index is 0.0788. The standard InChI is InChI=1S/C26H22ClN3O3/c27-20-6-3-5-19(16-20)25(31)28-21-8-10-22(11-9-21)29-12-14-30(15-13-29)26(32)24-17-18-4-1-2-7-23(18)33-24/h1-11,16-17H,12-15H2,(H,28,31). The van der Waals surface area contributed by atoms with Crippen LogP contribution in [0.3, 0.4) is 0 Å². The van der Waals surface area contributed by atoms with Gasteiger partial charge in [-0.3, -0.25) is 9.59 Å². The molecule has 0 radical (unpaired) electrons. The Hall–Kier alpha value is -3.77. The van der Waals surface area contributed by atoms with Gasteiger partial charge < -0.3 is 19.5 Å². The van der Waals surface area contributed by atoms with E-state index in [1.54, 1.807) is 30.3 Å². The highest BCUT2D eigenvalue weighted by Crippen LogP contribution is 2.23. The minimum atomic E-state index is -0.206. The number of hydrogen-bond donors (Lipinski definition) is 1. The van der Waals surface area contributed by atoms with Crippen molar-refractivity contribution in [3.8, 4) is 0 Å². The van der Waals surface area contributed by atoms with Gasteiger partial charge in [0.2, 0.25) is 0 Å². The van der Waals surface area contributed by atoms with Gasteiger partial charge in [-0.25, -0.2) is 0 Å². The second-order valence-electron chi connectivity index (χ2n) is 7.94. The Bertz CT molecular complexity index is 1270. The number of carbonyl (C=O) groups excluding carboxylic acids is 2. The third-order valence-corrected chi connectivity index (χ3v) is 6.02. The molecule has 1 saturated heterocycles. The average Bonchev–Trinajstić information content (AvgIpc) is 3.29. The second kappa shape index (κ2) is 9.00. The van der Waals surface area contributed by atoms with E-state index in [0.717, 1.165) is 29.7 Å². The molecule has 7 heteroatoms. The topological polar surface area (TPSA) is 65.8 Å². The first-order chi connectivity index (χ1) is 16.1. The van der Waals surface area contributed by atoms with Crippen molar-refractivity contribution >= 4 is 45.8 Å². The van der Waals surface area contributed by atoms with Gasteiger partial charge in [-0.15, -0.1) is 0 Å². The van der Waals surface area contributed by atoms with Crippen molar-refractivity contribution in [2.75, 3.05) is 36.4 Å². The van der Waals surface area contributed by atoms with Crippen molar-refractivity contribution in [3.05, 3.63) is 95.2 Å². The summed E-state index contributed by atoms with van der Waals surface area (Å²) in [6.45, 7) is 2.67. The van der Waals surface area contributed by atoms with Crippen molar-refractivity contribution in [2.24, 2.45) is 0 Å². The molecule has 3 aromatic carbocycles. The first-order valence-corrected chi connectivity index (χ1v) is 11.1. The lowest BCUT2D eigenvalue weighted by molar-refractivity contribution is 0.0717. The molecule has 5 rings (SSSR count). The van der Waals surface area contributed by atoms with E-state index in [1.165, 1.54) is 0 Å². The highest BCUT2D eigenvalue weighted by atomic mass is 35.5. The number of benzene rings is 3. The summed E-state index contributed by atoms with van der Waals surface area (Å²) >= 11 is 5.97. The number of fused-ring (bicyclic) bond motifs is 1. The van der Waals surface area contributed by atoms with Crippen LogP contribution in [0.4, 0.5) is 11.4 Å². The number of rotatable bonds is 4. The number of anilines is 2. The highest BCUT2D eigenvalue weighted by Gasteiger charge is 2.24. The number of nitrogens with zero attached hydrogens (tertiary/aromatic N) is 2. The number of furan rings is 1. The Morgan fingerprint density at radius 1 is 0.848 bits per heavy atom. The zero-order valence-electron chi connectivity index (χ0n) is 17.8. The molecular weight excluding hydrogens is 438 g/mol. The number of hydrogen-bond acceptors (Lipinski definition) is 4. The van der Waals surface area contributed by atoms with Gasteiger partial charge in [0.1, 0.15) is 5.58 Å². The van der Waals surface area contributed by atoms with Gasteiger partial charge in [0.15, 0.2) is 5.76 Å². The molecule has 1 N–H and O–H groups in total. The van der Waals surface area contributed by atoms with E-state index >= 15 is 0 Å². The third-order valence-electron chi connectivity index (χ3n) is 5.78. The molecular formula is C26H22ClN3O3. The summed E-state index contributed by atoms with van der Waals surface area (Å²) in [7, 11) is 0. The molecule has 1 aromatic heterocycles. The van der Waals surface area contributed by atoms with Gasteiger partial charge in [-0.2, -0.15) is 0 Å². The van der Waals surface area contributed by atoms with E-state index in [4.69, 9.17) is 16.0 Å². The second-order valence-corrected chi connectivity index (χ2v) is 8.38. The van der Waals surface area contributed by atoms with E-state index in [9.17, 15) is 9.59 Å². The summed E-state index contributed by atoms with van der Waals surface area (Å²) < 4.78 is 5.73. The molecule has 0 unspecified atom stereocenters. The van der Waals surface area contributed by atoms with Crippen LogP contribution in [0, 0.1) is 0 Å². The van der Waals surface area contributed by atoms with Gasteiger partial charge in [-0.05, 0) is 54.6 Å². The van der Waals surface area contributed by atoms with Crippen LogP contribution in [-0.4, -0.2) is 42.9 Å². The quantitative estimate of drug-likeness (QED) is 0.449. The Kier molecular flexibility index (Phi) is 5.75. The molecule has 2 amide bonds. The lowest BCUT2D eigenvalue weighted by atomic mass is 10.2. The van der Waals surface area contributed by atoms with Gasteiger partial charge in [0.25, 0.3) is 11.8 Å². The van der Waals surface area contributed by atoms with Crippen LogP contribution in [0.15, 0.2) is 83.3 Å². The summed E-state index contributed by atoms with van der Waals surface area (Å²) in [5.41, 5.74) is 2.99. The maximum Gasteiger partial charge on any atom is 0.289 e. The zero-order valence-corrected chi connectivity index (χ0v) is 18.6. The summed E-state index contributed by atoms with van der Waals surface area (Å²) in [5, 5.41) is 4.34. The molecule has 0 spiro atoms. The Balaban J connectivity index is 1.18. The summed E-state index contributed by atoms with van der Waals surface area (Å²) in [5.74, 6) is 0.0948. The van der Waals surface area contributed by atoms with Crippen molar-refractivity contribution in [1.29, 1.82) is 0 Å². The van der Waals surface area contributed by atoms with Crippen molar-refractivity contribution in [2.45, 2.75) is 0 Å². The van der Waals surface area contributed by atoms with E-state index < -0.39 is 0 Å². The number of carbonyl (C=O) groups is 2. The number of halogens is 1. The van der Waals surface area contributed by atoms with Crippen LogP contribution in [-0.2, 0) is 0 Å². The predicted molar refractivity (Wildman–Crippen MR) is 130 cm³/mol. The van der Waals surface area contributed by atoms with Crippen LogP contribution < -0.4 is 10.2 Å². The summed E-state index contributed by atoms with van der Waals surface area (Å²) in [4.78, 5) is 29.3. The lowest BCUT2D eigenvalue weighted by Crippen LogP contribution is -2.48. The van der Waals surface area contributed by atoms with E-state index in [0.29, 0.717) is 35.1 Å². The Morgan fingerprint density at radius 2 is 1.61 bits per heavy atom. The number of nitrogens with one attached hydrogen (secondary N) is 1. The van der Waals surface area contributed by atoms with E-state index in [1.807, 2.05) is 53.4 Å². The van der Waals surface area contributed by atoms with Crippen LogP contribution in [0.1, 0.15) is 20.9 Å². The average molecular weight is 460 g/mol. The number of para-hydroxylation sites is 1. The molecule has 33 heavy (non-hydrogen) atoms. The molecule has 0 aliphatic carbocycles. The molecule has 2 heterocycles. The number of amides is 2. The smallest absolute Gasteiger partial charge is 0.289 e. The molecule has 1 aliphatic rings. The Labute approximate surface area is 196 Å². The molecule has 0 bridgehead atoms. The SMILES string of the molecule is O=C(Nc1ccc(N2CCN(C(=O)c3cc4ccccc4o3)CC2)cc1)c1cccc(Cl)c1. The Morgan fingerprint density at radius 3 is 2.33 bits per heavy atom. The minimum Gasteiger partial charge on any atom is -0.451 e. The number of piperazine rings is 1. The van der Waals surface area contributed by atoms with Crippen molar-refractivity contribution < 1.29 is 14.0 Å². The van der Waals surface area contributed by atoms with Crippen LogP contribution in [0.2, 0.25) is 5.02 Å². The molecule has 1 fully saturated rings. The van der Waals surface area contributed by atoms with Gasteiger partial charge in [-0.1, -0.05) is 35.9 Å². The van der Waals surface area contributed by atoms with E-state index in [2.05, 4.69) is 10.2 Å². The fourth-order valence-electron chi connectivity index (χ4n) is 4.00. The molecule has 6 nitrogen and oxygen atoms in total. The van der Waals surface area contributed by atoms with Crippen molar-refractivity contribution in [1.82, 2.24) is 4.90 Å². The first kappa shape index (κ1) is 21.1. The first-order valence-electron chi connectivity index (χ1n) is 10.8. The van der Waals surface area contributed by atoms with E-state index in [-0.39, 0.29) is 11.8 Å². The van der Waals surface area contributed by atoms with Crippen LogP contribution in [0.25, 0.3) is 11.0 Å². The van der Waals surface area contributed by atoms with Crippen LogP contribution in [0.5, 0.6) is 0 Å². The molecule has 166 valence electrons. The van der Waals surface area contributed by atoms with Crippen LogP contribution >= 0.6 is 11.6 Å². The largest absolute Gasteiger partial charge is 0.451 e. The van der Waals surface area contributed by atoms with Crippen molar-refractivity contribution in [3.63, 3.8) is 0 Å². The zero-order chi connectivity index (χ0) is 22.8. The fourth-order valence-corrected chi connectivity index (χ4v) is 4.19. The molecule has 4 aromatic rings. The van der Waals surface area contributed by atoms with Gasteiger partial charge >= 0.3 is 0 Å². The molecule has 0 saturated carbocycles. The normalized spacial score (nSPS) is 13.8. The summed E-state index contributed by atoms with van der Waals surface area (Å²) in [6.07, 6.45) is 0. The van der Waals surface area contributed by atoms with Gasteiger partial charge in [0.05, 0.1) is 0 Å². The lowest BCUT2D eigenvalue weighted by Gasteiger charge is -2.35. The monoisotopic (exact) mass is 459 g/mol. The molecule has 0 atom stereocenters. The highest BCUT2D eigenvalue weighted by molar-refractivity contribution is 6.31.